The highest BCUT2D eigenvalue weighted by Crippen LogP contribution is 2.17. The molecular weight excluding hydrogens is 254 g/mol. The van der Waals surface area contributed by atoms with Gasteiger partial charge >= 0.3 is 0 Å². The summed E-state index contributed by atoms with van der Waals surface area (Å²) in [6, 6.07) is 0. The van der Waals surface area contributed by atoms with Crippen molar-refractivity contribution >= 4 is 23.5 Å². The van der Waals surface area contributed by atoms with Crippen LogP contribution in [0.15, 0.2) is 0 Å². The number of ether oxygens (including phenoxy) is 1. The Morgan fingerprint density at radius 1 is 1.44 bits per heavy atom. The van der Waals surface area contributed by atoms with E-state index in [-0.39, 0.29) is 11.4 Å². The van der Waals surface area contributed by atoms with Crippen LogP contribution < -0.4 is 10.2 Å². The molecule has 1 fully saturated rings. The summed E-state index contributed by atoms with van der Waals surface area (Å²) in [5, 5.41) is 3.09. The second-order valence-corrected chi connectivity index (χ2v) is 4.52. The smallest absolute Gasteiger partial charge is 0.231 e. The molecule has 2 heterocycles. The van der Waals surface area contributed by atoms with E-state index in [0.29, 0.717) is 11.9 Å². The van der Waals surface area contributed by atoms with E-state index < -0.39 is 0 Å². The maximum absolute atomic E-state index is 5.90. The molecule has 2 rings (SSSR count). The third-order valence-electron chi connectivity index (χ3n) is 2.91. The van der Waals surface area contributed by atoms with E-state index in [1.165, 1.54) is 0 Å². The van der Waals surface area contributed by atoms with Gasteiger partial charge in [-0.25, -0.2) is 0 Å². The van der Waals surface area contributed by atoms with Gasteiger partial charge in [0.05, 0.1) is 6.10 Å². The topological polar surface area (TPSA) is 63.2 Å². The standard InChI is InChI=1S/C11H18ClN5O/c1-3-8-7-17(5-4-6-18-8)11-15-9(12)14-10(13-2)16-11/h8H,3-7H2,1-2H3,(H,13,14,15,16). The molecule has 1 atom stereocenters. The molecule has 18 heavy (non-hydrogen) atoms. The molecule has 100 valence electrons. The molecular formula is C11H18ClN5O. The van der Waals surface area contributed by atoms with Gasteiger partial charge in [0.15, 0.2) is 0 Å². The molecule has 0 radical (unpaired) electrons. The molecule has 1 N–H and O–H groups in total. The van der Waals surface area contributed by atoms with Crippen LogP contribution in [-0.2, 0) is 4.74 Å². The summed E-state index contributed by atoms with van der Waals surface area (Å²) in [5.74, 6) is 1.10. The van der Waals surface area contributed by atoms with E-state index in [2.05, 4.69) is 32.1 Å². The molecule has 1 aliphatic rings. The zero-order valence-corrected chi connectivity index (χ0v) is 11.4. The Labute approximate surface area is 112 Å². The van der Waals surface area contributed by atoms with Gasteiger partial charge in [0.25, 0.3) is 0 Å². The zero-order chi connectivity index (χ0) is 13.0. The van der Waals surface area contributed by atoms with E-state index in [4.69, 9.17) is 16.3 Å². The van der Waals surface area contributed by atoms with Gasteiger partial charge in [0, 0.05) is 26.7 Å². The molecule has 1 saturated heterocycles. The summed E-state index contributed by atoms with van der Waals surface area (Å²) >= 11 is 5.90. The summed E-state index contributed by atoms with van der Waals surface area (Å²) in [6.45, 7) is 4.57. The first-order chi connectivity index (χ1) is 8.72. The highest BCUT2D eigenvalue weighted by molar-refractivity contribution is 6.28. The van der Waals surface area contributed by atoms with Crippen LogP contribution in [0.25, 0.3) is 0 Å². The number of anilines is 2. The fourth-order valence-corrected chi connectivity index (χ4v) is 2.07. The number of hydrogen-bond donors (Lipinski definition) is 1. The predicted molar refractivity (Wildman–Crippen MR) is 71.2 cm³/mol. The number of aromatic nitrogens is 3. The molecule has 1 aromatic rings. The monoisotopic (exact) mass is 271 g/mol. The van der Waals surface area contributed by atoms with Crippen LogP contribution in [-0.4, -0.2) is 47.8 Å². The largest absolute Gasteiger partial charge is 0.376 e. The number of halogens is 1. The molecule has 1 unspecified atom stereocenters. The van der Waals surface area contributed by atoms with Crippen molar-refractivity contribution in [2.24, 2.45) is 0 Å². The van der Waals surface area contributed by atoms with Crippen molar-refractivity contribution in [3.63, 3.8) is 0 Å². The van der Waals surface area contributed by atoms with Crippen molar-refractivity contribution < 1.29 is 4.74 Å². The highest BCUT2D eigenvalue weighted by atomic mass is 35.5. The molecule has 1 aromatic heterocycles. The predicted octanol–water partition coefficient (Wildman–Crippen LogP) is 1.57. The van der Waals surface area contributed by atoms with Gasteiger partial charge in [-0.15, -0.1) is 0 Å². The van der Waals surface area contributed by atoms with Crippen molar-refractivity contribution in [2.75, 3.05) is 37.0 Å². The van der Waals surface area contributed by atoms with E-state index in [1.54, 1.807) is 7.05 Å². The van der Waals surface area contributed by atoms with E-state index in [9.17, 15) is 0 Å². The maximum atomic E-state index is 5.90. The second-order valence-electron chi connectivity index (χ2n) is 4.18. The minimum atomic E-state index is 0.211. The minimum absolute atomic E-state index is 0.211. The van der Waals surface area contributed by atoms with Gasteiger partial charge in [0.1, 0.15) is 0 Å². The van der Waals surface area contributed by atoms with E-state index in [0.717, 1.165) is 32.5 Å². The Morgan fingerprint density at radius 3 is 3.00 bits per heavy atom. The van der Waals surface area contributed by atoms with Crippen LogP contribution in [0.5, 0.6) is 0 Å². The first kappa shape index (κ1) is 13.3. The first-order valence-electron chi connectivity index (χ1n) is 6.18. The average molecular weight is 272 g/mol. The van der Waals surface area contributed by atoms with Crippen molar-refractivity contribution in [3.8, 4) is 0 Å². The zero-order valence-electron chi connectivity index (χ0n) is 10.7. The van der Waals surface area contributed by atoms with Gasteiger partial charge in [-0.3, -0.25) is 0 Å². The Kier molecular flexibility index (Phi) is 4.54. The van der Waals surface area contributed by atoms with Gasteiger partial charge < -0.3 is 15.0 Å². The lowest BCUT2D eigenvalue weighted by atomic mass is 10.2. The third-order valence-corrected chi connectivity index (χ3v) is 3.08. The Hall–Kier alpha value is -1.14. The fraction of sp³-hybridized carbons (Fsp3) is 0.727. The maximum Gasteiger partial charge on any atom is 0.231 e. The summed E-state index contributed by atoms with van der Waals surface area (Å²) in [5.41, 5.74) is 0. The minimum Gasteiger partial charge on any atom is -0.376 e. The Morgan fingerprint density at radius 2 is 2.28 bits per heavy atom. The molecule has 0 bridgehead atoms. The fourth-order valence-electron chi connectivity index (χ4n) is 1.92. The van der Waals surface area contributed by atoms with Crippen LogP contribution in [0, 0.1) is 0 Å². The molecule has 6 nitrogen and oxygen atoms in total. The Balaban J connectivity index is 2.20. The van der Waals surface area contributed by atoms with Crippen molar-refractivity contribution in [2.45, 2.75) is 25.9 Å². The van der Waals surface area contributed by atoms with E-state index in [1.807, 2.05) is 0 Å². The number of hydrogen-bond acceptors (Lipinski definition) is 6. The lowest BCUT2D eigenvalue weighted by Gasteiger charge is -2.23. The van der Waals surface area contributed by atoms with Gasteiger partial charge in [0.2, 0.25) is 17.2 Å². The van der Waals surface area contributed by atoms with Crippen LogP contribution in [0.4, 0.5) is 11.9 Å². The summed E-state index contributed by atoms with van der Waals surface area (Å²) in [7, 11) is 1.76. The summed E-state index contributed by atoms with van der Waals surface area (Å²) in [4.78, 5) is 14.6. The van der Waals surface area contributed by atoms with Gasteiger partial charge in [-0.05, 0) is 24.4 Å². The van der Waals surface area contributed by atoms with Crippen LogP contribution in [0.3, 0.4) is 0 Å². The van der Waals surface area contributed by atoms with Crippen LogP contribution in [0.1, 0.15) is 19.8 Å². The van der Waals surface area contributed by atoms with E-state index >= 15 is 0 Å². The molecule has 0 saturated carbocycles. The van der Waals surface area contributed by atoms with Gasteiger partial charge in [-0.2, -0.15) is 15.0 Å². The molecule has 7 heteroatoms. The molecule has 0 amide bonds. The third kappa shape index (κ3) is 3.20. The molecule has 0 aliphatic carbocycles. The molecule has 0 spiro atoms. The Bertz CT molecular complexity index is 403. The number of nitrogens with one attached hydrogen (secondary N) is 1. The van der Waals surface area contributed by atoms with Crippen molar-refractivity contribution in [1.82, 2.24) is 15.0 Å². The highest BCUT2D eigenvalue weighted by Gasteiger charge is 2.20. The SMILES string of the molecule is CCC1CN(c2nc(Cl)nc(NC)n2)CCCO1. The van der Waals surface area contributed by atoms with Crippen molar-refractivity contribution in [3.05, 3.63) is 5.28 Å². The number of nitrogens with zero attached hydrogens (tertiary/aromatic N) is 4. The van der Waals surface area contributed by atoms with Gasteiger partial charge in [-0.1, -0.05) is 6.92 Å². The second kappa shape index (κ2) is 6.15. The molecule has 0 aromatic carbocycles. The van der Waals surface area contributed by atoms with Crippen LogP contribution in [0.2, 0.25) is 5.28 Å². The quantitative estimate of drug-likeness (QED) is 0.900. The molecule has 1 aliphatic heterocycles. The summed E-state index contributed by atoms with van der Waals surface area (Å²) in [6.07, 6.45) is 2.17. The van der Waals surface area contributed by atoms with Crippen molar-refractivity contribution in [1.29, 1.82) is 0 Å². The lowest BCUT2D eigenvalue weighted by molar-refractivity contribution is 0.0664. The summed E-state index contributed by atoms with van der Waals surface area (Å²) < 4.78 is 5.73. The number of rotatable bonds is 3. The first-order valence-corrected chi connectivity index (χ1v) is 6.56. The average Bonchev–Trinajstić information content (AvgIpc) is 2.63. The normalized spacial score (nSPS) is 20.6. The lowest BCUT2D eigenvalue weighted by Crippen LogP contribution is -2.33. The van der Waals surface area contributed by atoms with Crippen LogP contribution >= 0.6 is 11.6 Å².